The first-order chi connectivity index (χ1) is 8.00. The van der Waals surface area contributed by atoms with Crippen LogP contribution in [0.2, 0.25) is 0 Å². The second kappa shape index (κ2) is 6.06. The van der Waals surface area contributed by atoms with Gasteiger partial charge in [-0.3, -0.25) is 4.79 Å². The van der Waals surface area contributed by atoms with E-state index in [9.17, 15) is 14.0 Å². The van der Waals surface area contributed by atoms with E-state index in [4.69, 9.17) is 5.11 Å². The number of halogens is 1. The Morgan fingerprint density at radius 3 is 2.71 bits per heavy atom. The predicted molar refractivity (Wildman–Crippen MR) is 63.4 cm³/mol. The molecule has 88 valence electrons. The Hall–Kier alpha value is -1.80. The Labute approximate surface area is 102 Å². The molecule has 1 N–H and O–H groups in total. The summed E-state index contributed by atoms with van der Waals surface area (Å²) in [7, 11) is 0. The van der Waals surface area contributed by atoms with Crippen LogP contribution in [0.1, 0.15) is 22.8 Å². The number of thioether (sulfide) groups is 1. The highest BCUT2D eigenvalue weighted by atomic mass is 32.2. The molecule has 17 heavy (non-hydrogen) atoms. The monoisotopic (exact) mass is 252 g/mol. The second-order valence-corrected chi connectivity index (χ2v) is 4.23. The molecule has 3 nitrogen and oxygen atoms in total. The topological polar surface area (TPSA) is 54.4 Å². The van der Waals surface area contributed by atoms with Gasteiger partial charge in [0.15, 0.2) is 5.12 Å². The van der Waals surface area contributed by atoms with Gasteiger partial charge in [-0.15, -0.1) is 0 Å². The van der Waals surface area contributed by atoms with Crippen molar-refractivity contribution in [3.05, 3.63) is 35.1 Å². The Morgan fingerprint density at radius 2 is 2.18 bits per heavy atom. The van der Waals surface area contributed by atoms with Gasteiger partial charge >= 0.3 is 5.97 Å². The maximum Gasteiger partial charge on any atom is 0.335 e. The molecule has 0 aliphatic heterocycles. The number of carboxylic acid groups (broad SMARTS) is 1. The summed E-state index contributed by atoms with van der Waals surface area (Å²) in [5.41, 5.74) is 0.00492. The van der Waals surface area contributed by atoms with E-state index < -0.39 is 11.8 Å². The number of hydrogen-bond acceptors (Lipinski definition) is 3. The van der Waals surface area contributed by atoms with Crippen molar-refractivity contribution in [2.45, 2.75) is 6.92 Å². The minimum atomic E-state index is -1.18. The van der Waals surface area contributed by atoms with Crippen LogP contribution in [0.4, 0.5) is 4.39 Å². The summed E-state index contributed by atoms with van der Waals surface area (Å²) < 4.78 is 13.4. The molecular weight excluding hydrogens is 243 g/mol. The van der Waals surface area contributed by atoms with Crippen molar-refractivity contribution in [1.29, 1.82) is 0 Å². The zero-order chi connectivity index (χ0) is 12.8. The molecule has 0 spiro atoms. The van der Waals surface area contributed by atoms with Gasteiger partial charge in [0.2, 0.25) is 0 Å². The first-order valence-electron chi connectivity index (χ1n) is 4.66. The predicted octanol–water partition coefficient (Wildman–Crippen LogP) is 2.16. The fourth-order valence-electron chi connectivity index (χ4n) is 1.02. The zero-order valence-corrected chi connectivity index (χ0v) is 9.81. The lowest BCUT2D eigenvalue weighted by Gasteiger charge is -1.96. The molecule has 0 radical (unpaired) electrons. The quantitative estimate of drug-likeness (QED) is 0.819. The number of rotatable bonds is 2. The van der Waals surface area contributed by atoms with Gasteiger partial charge in [-0.25, -0.2) is 9.18 Å². The lowest BCUT2D eigenvalue weighted by atomic mass is 10.1. The van der Waals surface area contributed by atoms with Crippen molar-refractivity contribution in [1.82, 2.24) is 0 Å². The van der Waals surface area contributed by atoms with Gasteiger partial charge in [0.25, 0.3) is 0 Å². The van der Waals surface area contributed by atoms with E-state index in [-0.39, 0.29) is 22.0 Å². The Morgan fingerprint density at radius 1 is 1.47 bits per heavy atom. The maximum absolute atomic E-state index is 13.4. The van der Waals surface area contributed by atoms with E-state index in [1.807, 2.05) is 0 Å². The molecule has 0 saturated carbocycles. The molecule has 0 aromatic heterocycles. The molecule has 1 aromatic carbocycles. The van der Waals surface area contributed by atoms with Crippen molar-refractivity contribution >= 4 is 22.8 Å². The van der Waals surface area contributed by atoms with Gasteiger partial charge in [-0.05, 0) is 18.2 Å². The number of benzene rings is 1. The number of aromatic carboxylic acids is 1. The molecule has 0 bridgehead atoms. The molecule has 0 heterocycles. The minimum absolute atomic E-state index is 0.0546. The molecular formula is C12H9FO3S. The number of carbonyl (C=O) groups excluding carboxylic acids is 1. The Bertz CT molecular complexity index is 514. The van der Waals surface area contributed by atoms with Crippen LogP contribution >= 0.6 is 11.8 Å². The Balaban J connectivity index is 2.79. The molecule has 0 aliphatic rings. The van der Waals surface area contributed by atoms with Crippen molar-refractivity contribution in [3.8, 4) is 11.8 Å². The Kier molecular flexibility index (Phi) is 4.73. The van der Waals surface area contributed by atoms with Gasteiger partial charge in [-0.1, -0.05) is 23.6 Å². The molecule has 1 aromatic rings. The van der Waals surface area contributed by atoms with Gasteiger partial charge < -0.3 is 5.11 Å². The van der Waals surface area contributed by atoms with Gasteiger partial charge in [0, 0.05) is 6.92 Å². The SMILES string of the molecule is CC(=O)SCC#Cc1ccc(C(=O)O)cc1F. The first-order valence-corrected chi connectivity index (χ1v) is 5.64. The van der Waals surface area contributed by atoms with Crippen molar-refractivity contribution in [2.24, 2.45) is 0 Å². The van der Waals surface area contributed by atoms with E-state index in [1.165, 1.54) is 19.1 Å². The average molecular weight is 252 g/mol. The van der Waals surface area contributed by atoms with Crippen LogP contribution < -0.4 is 0 Å². The summed E-state index contributed by atoms with van der Waals surface area (Å²) in [6.07, 6.45) is 0. The summed E-state index contributed by atoms with van der Waals surface area (Å²) in [5, 5.41) is 8.58. The highest BCUT2D eigenvalue weighted by Crippen LogP contribution is 2.09. The highest BCUT2D eigenvalue weighted by molar-refractivity contribution is 8.13. The summed E-state index contributed by atoms with van der Waals surface area (Å²) in [6, 6.07) is 3.52. The van der Waals surface area contributed by atoms with Crippen molar-refractivity contribution in [3.63, 3.8) is 0 Å². The summed E-state index contributed by atoms with van der Waals surface area (Å²) in [4.78, 5) is 21.2. The largest absolute Gasteiger partial charge is 0.478 e. The first kappa shape index (κ1) is 13.3. The number of hydrogen-bond donors (Lipinski definition) is 1. The molecule has 0 fully saturated rings. The van der Waals surface area contributed by atoms with E-state index in [0.717, 1.165) is 17.8 Å². The molecule has 0 amide bonds. The molecule has 0 atom stereocenters. The van der Waals surface area contributed by atoms with Crippen LogP contribution in [0.25, 0.3) is 0 Å². The van der Waals surface area contributed by atoms with Gasteiger partial charge in [0.05, 0.1) is 16.9 Å². The van der Waals surface area contributed by atoms with Crippen LogP contribution in [0.15, 0.2) is 18.2 Å². The highest BCUT2D eigenvalue weighted by Gasteiger charge is 2.06. The number of carboxylic acids is 1. The summed E-state index contributed by atoms with van der Waals surface area (Å²) >= 11 is 1.04. The van der Waals surface area contributed by atoms with Crippen molar-refractivity contribution in [2.75, 3.05) is 5.75 Å². The van der Waals surface area contributed by atoms with E-state index >= 15 is 0 Å². The molecule has 0 aliphatic carbocycles. The van der Waals surface area contributed by atoms with Crippen LogP contribution in [0.3, 0.4) is 0 Å². The van der Waals surface area contributed by atoms with E-state index in [1.54, 1.807) is 0 Å². The molecule has 0 saturated heterocycles. The molecule has 0 unspecified atom stereocenters. The summed E-state index contributed by atoms with van der Waals surface area (Å²) in [6.45, 7) is 1.43. The average Bonchev–Trinajstić information content (AvgIpc) is 2.25. The third kappa shape index (κ3) is 4.29. The van der Waals surface area contributed by atoms with Gasteiger partial charge in [0.1, 0.15) is 5.82 Å². The van der Waals surface area contributed by atoms with Crippen LogP contribution in [-0.4, -0.2) is 21.9 Å². The molecule has 5 heteroatoms. The van der Waals surface area contributed by atoms with Crippen LogP contribution in [0, 0.1) is 17.7 Å². The van der Waals surface area contributed by atoms with Crippen molar-refractivity contribution < 1.29 is 19.1 Å². The third-order valence-electron chi connectivity index (χ3n) is 1.79. The fraction of sp³-hybridized carbons (Fsp3) is 0.167. The zero-order valence-electron chi connectivity index (χ0n) is 8.99. The van der Waals surface area contributed by atoms with E-state index in [2.05, 4.69) is 11.8 Å². The second-order valence-electron chi connectivity index (χ2n) is 3.08. The maximum atomic E-state index is 13.4. The smallest absolute Gasteiger partial charge is 0.335 e. The summed E-state index contributed by atoms with van der Waals surface area (Å²) in [5.74, 6) is 3.60. The number of carbonyl (C=O) groups is 2. The van der Waals surface area contributed by atoms with Gasteiger partial charge in [-0.2, -0.15) is 0 Å². The lowest BCUT2D eigenvalue weighted by molar-refractivity contribution is -0.109. The van der Waals surface area contributed by atoms with E-state index in [0.29, 0.717) is 0 Å². The lowest BCUT2D eigenvalue weighted by Crippen LogP contribution is -1.97. The fourth-order valence-corrected chi connectivity index (χ4v) is 1.37. The third-order valence-corrected chi connectivity index (χ3v) is 2.48. The van der Waals surface area contributed by atoms with Crippen LogP contribution in [0.5, 0.6) is 0 Å². The minimum Gasteiger partial charge on any atom is -0.478 e. The normalized spacial score (nSPS) is 9.29. The standard InChI is InChI=1S/C12H9FO3S/c1-8(14)17-6-2-3-9-4-5-10(12(15)16)7-11(9)13/h4-5,7H,6H2,1H3,(H,15,16). The van der Waals surface area contributed by atoms with Crippen LogP contribution in [-0.2, 0) is 4.79 Å². The molecule has 1 rings (SSSR count).